The molecule has 24 heavy (non-hydrogen) atoms. The second kappa shape index (κ2) is 9.88. The number of nitrogens with one attached hydrogen (secondary N) is 1. The Kier molecular flexibility index (Phi) is 7.49. The van der Waals surface area contributed by atoms with E-state index in [1.54, 1.807) is 17.4 Å². The molecule has 1 N–H and O–H groups in total. The molecule has 0 aliphatic heterocycles. The number of aryl methyl sites for hydroxylation is 1. The number of hydrogen-bond donors (Lipinski definition) is 1. The molecule has 1 amide bonds. The van der Waals surface area contributed by atoms with Gasteiger partial charge in [-0.1, -0.05) is 31.9 Å². The van der Waals surface area contributed by atoms with Crippen LogP contribution in [0.25, 0.3) is 6.08 Å². The van der Waals surface area contributed by atoms with E-state index in [-0.39, 0.29) is 5.91 Å². The minimum absolute atomic E-state index is 0.0506. The number of unbranched alkanes of at least 4 members (excludes halogenated alkanes) is 2. The van der Waals surface area contributed by atoms with Crippen molar-refractivity contribution in [3.8, 4) is 5.75 Å². The third-order valence-electron chi connectivity index (χ3n) is 3.44. The summed E-state index contributed by atoms with van der Waals surface area (Å²) in [7, 11) is 0. The number of thiazole rings is 1. The first kappa shape index (κ1) is 18.2. The summed E-state index contributed by atoms with van der Waals surface area (Å²) in [5.74, 6) is 0.743. The van der Waals surface area contributed by atoms with Gasteiger partial charge in [-0.15, -0.1) is 11.3 Å². The van der Waals surface area contributed by atoms with Gasteiger partial charge < -0.3 is 10.1 Å². The minimum atomic E-state index is -0.0506. The maximum atomic E-state index is 11.7. The number of rotatable bonds is 9. The molecule has 5 heteroatoms. The molecular weight excluding hydrogens is 320 g/mol. The number of nitrogens with zero attached hydrogens (tertiary/aromatic N) is 1. The van der Waals surface area contributed by atoms with Gasteiger partial charge in [0, 0.05) is 18.0 Å². The van der Waals surface area contributed by atoms with Crippen molar-refractivity contribution >= 4 is 23.3 Å². The molecule has 0 saturated carbocycles. The van der Waals surface area contributed by atoms with E-state index in [1.165, 1.54) is 0 Å². The van der Waals surface area contributed by atoms with Crippen molar-refractivity contribution in [3.63, 3.8) is 0 Å². The monoisotopic (exact) mass is 344 g/mol. The van der Waals surface area contributed by atoms with E-state index in [0.29, 0.717) is 6.61 Å². The number of carbonyl (C=O) groups is 1. The van der Waals surface area contributed by atoms with Crippen LogP contribution in [0.1, 0.15) is 42.5 Å². The second-order valence-electron chi connectivity index (χ2n) is 5.55. The van der Waals surface area contributed by atoms with E-state index < -0.39 is 0 Å². The molecular formula is C19H24N2O2S. The Balaban J connectivity index is 1.76. The summed E-state index contributed by atoms with van der Waals surface area (Å²) in [5, 5.41) is 5.93. The van der Waals surface area contributed by atoms with E-state index in [4.69, 9.17) is 4.74 Å². The molecule has 0 spiro atoms. The first-order valence-corrected chi connectivity index (χ1v) is 9.15. The van der Waals surface area contributed by atoms with Crippen molar-refractivity contribution in [2.75, 3.05) is 6.54 Å². The van der Waals surface area contributed by atoms with E-state index >= 15 is 0 Å². The van der Waals surface area contributed by atoms with Gasteiger partial charge in [-0.05, 0) is 37.1 Å². The van der Waals surface area contributed by atoms with Gasteiger partial charge >= 0.3 is 0 Å². The van der Waals surface area contributed by atoms with Crippen LogP contribution >= 0.6 is 11.3 Å². The van der Waals surface area contributed by atoms with Crippen LogP contribution < -0.4 is 10.1 Å². The number of aromatic nitrogens is 1. The van der Waals surface area contributed by atoms with Crippen LogP contribution in [0.3, 0.4) is 0 Å². The second-order valence-corrected chi connectivity index (χ2v) is 6.61. The van der Waals surface area contributed by atoms with Crippen molar-refractivity contribution in [2.45, 2.75) is 39.7 Å². The predicted molar refractivity (Wildman–Crippen MR) is 99.2 cm³/mol. The molecule has 1 aromatic heterocycles. The first-order valence-electron chi connectivity index (χ1n) is 8.27. The molecule has 0 radical (unpaired) electrons. The third-order valence-corrected chi connectivity index (χ3v) is 4.26. The number of ether oxygens (including phenoxy) is 1. The lowest BCUT2D eigenvalue weighted by Gasteiger charge is -2.04. The molecule has 1 aromatic carbocycles. The molecule has 4 nitrogen and oxygen atoms in total. The highest BCUT2D eigenvalue weighted by Crippen LogP contribution is 2.16. The Hall–Kier alpha value is -2.14. The van der Waals surface area contributed by atoms with E-state index in [2.05, 4.69) is 17.2 Å². The van der Waals surface area contributed by atoms with Gasteiger partial charge in [-0.3, -0.25) is 4.79 Å². The fourth-order valence-electron chi connectivity index (χ4n) is 2.12. The third kappa shape index (κ3) is 6.54. The minimum Gasteiger partial charge on any atom is -0.487 e. The Labute approximate surface area is 147 Å². The van der Waals surface area contributed by atoms with Gasteiger partial charge in [0.25, 0.3) is 0 Å². The maximum absolute atomic E-state index is 11.7. The molecule has 1 heterocycles. The molecule has 0 bridgehead atoms. The van der Waals surface area contributed by atoms with Crippen molar-refractivity contribution < 1.29 is 9.53 Å². The highest BCUT2D eigenvalue weighted by atomic mass is 32.1. The average molecular weight is 344 g/mol. The molecule has 0 unspecified atom stereocenters. The summed E-state index contributed by atoms with van der Waals surface area (Å²) in [6.07, 6.45) is 6.71. The van der Waals surface area contributed by atoms with Crippen LogP contribution in [-0.2, 0) is 11.4 Å². The van der Waals surface area contributed by atoms with Crippen molar-refractivity contribution in [3.05, 3.63) is 52.0 Å². The fraction of sp³-hybridized carbons (Fsp3) is 0.368. The normalized spacial score (nSPS) is 10.9. The summed E-state index contributed by atoms with van der Waals surface area (Å²) in [4.78, 5) is 16.0. The maximum Gasteiger partial charge on any atom is 0.243 e. The Morgan fingerprint density at radius 3 is 2.75 bits per heavy atom. The molecule has 2 rings (SSSR count). The van der Waals surface area contributed by atoms with Gasteiger partial charge in [-0.25, -0.2) is 4.98 Å². The lowest BCUT2D eigenvalue weighted by molar-refractivity contribution is -0.116. The topological polar surface area (TPSA) is 51.2 Å². The molecule has 0 atom stereocenters. The zero-order chi connectivity index (χ0) is 17.2. The van der Waals surface area contributed by atoms with Gasteiger partial charge in [0.05, 0.1) is 10.7 Å². The fourth-order valence-corrected chi connectivity index (χ4v) is 2.72. The number of amides is 1. The average Bonchev–Trinajstić information content (AvgIpc) is 3.01. The van der Waals surface area contributed by atoms with Crippen LogP contribution in [0.4, 0.5) is 0 Å². The largest absolute Gasteiger partial charge is 0.487 e. The van der Waals surface area contributed by atoms with Gasteiger partial charge in [0.2, 0.25) is 5.91 Å². The SMILES string of the molecule is CCCCCNC(=O)/C=C/c1ccc(OCc2csc(C)n2)cc1. The highest BCUT2D eigenvalue weighted by Gasteiger charge is 2.00. The van der Waals surface area contributed by atoms with Crippen LogP contribution in [0, 0.1) is 6.92 Å². The number of benzene rings is 1. The summed E-state index contributed by atoms with van der Waals surface area (Å²) in [6.45, 7) is 5.34. The lowest BCUT2D eigenvalue weighted by Crippen LogP contribution is -2.21. The summed E-state index contributed by atoms with van der Waals surface area (Å²) in [6, 6.07) is 7.67. The Morgan fingerprint density at radius 1 is 1.29 bits per heavy atom. The smallest absolute Gasteiger partial charge is 0.243 e. The quantitative estimate of drug-likeness (QED) is 0.543. The van der Waals surface area contributed by atoms with E-state index in [0.717, 1.165) is 47.8 Å². The molecule has 128 valence electrons. The van der Waals surface area contributed by atoms with Crippen LogP contribution in [0.5, 0.6) is 5.75 Å². The highest BCUT2D eigenvalue weighted by molar-refractivity contribution is 7.09. The van der Waals surface area contributed by atoms with E-state index in [1.807, 2.05) is 42.6 Å². The van der Waals surface area contributed by atoms with Crippen LogP contribution in [0.15, 0.2) is 35.7 Å². The standard InChI is InChI=1S/C19H24N2O2S/c1-3-4-5-12-20-19(22)11-8-16-6-9-18(10-7-16)23-13-17-14-24-15(2)21-17/h6-11,14H,3-5,12-13H2,1-2H3,(H,20,22)/b11-8+. The molecule has 0 fully saturated rings. The molecule has 2 aromatic rings. The van der Waals surface area contributed by atoms with E-state index in [9.17, 15) is 4.79 Å². The zero-order valence-corrected chi connectivity index (χ0v) is 15.1. The summed E-state index contributed by atoms with van der Waals surface area (Å²) >= 11 is 1.62. The van der Waals surface area contributed by atoms with Crippen molar-refractivity contribution in [2.24, 2.45) is 0 Å². The Bertz CT molecular complexity index is 662. The zero-order valence-electron chi connectivity index (χ0n) is 14.2. The van der Waals surface area contributed by atoms with Gasteiger partial charge in [0.1, 0.15) is 12.4 Å². The Morgan fingerprint density at radius 2 is 2.08 bits per heavy atom. The first-order chi connectivity index (χ1) is 11.7. The molecule has 0 aliphatic rings. The van der Waals surface area contributed by atoms with Crippen LogP contribution in [0.2, 0.25) is 0 Å². The van der Waals surface area contributed by atoms with Crippen molar-refractivity contribution in [1.29, 1.82) is 0 Å². The van der Waals surface area contributed by atoms with Gasteiger partial charge in [0.15, 0.2) is 0 Å². The lowest BCUT2D eigenvalue weighted by atomic mass is 10.2. The van der Waals surface area contributed by atoms with Gasteiger partial charge in [-0.2, -0.15) is 0 Å². The number of carbonyl (C=O) groups excluding carboxylic acids is 1. The molecule has 0 saturated heterocycles. The summed E-state index contributed by atoms with van der Waals surface area (Å²) in [5.41, 5.74) is 1.91. The number of hydrogen-bond acceptors (Lipinski definition) is 4. The van der Waals surface area contributed by atoms with Crippen LogP contribution in [-0.4, -0.2) is 17.4 Å². The molecule has 0 aliphatic carbocycles. The summed E-state index contributed by atoms with van der Waals surface area (Å²) < 4.78 is 5.70. The van der Waals surface area contributed by atoms with Crippen molar-refractivity contribution in [1.82, 2.24) is 10.3 Å². The predicted octanol–water partition coefficient (Wildman–Crippen LogP) is 4.35.